The van der Waals surface area contributed by atoms with Crippen LogP contribution in [0.2, 0.25) is 0 Å². The third-order valence-corrected chi connectivity index (χ3v) is 3.68. The Morgan fingerprint density at radius 1 is 1.40 bits per heavy atom. The summed E-state index contributed by atoms with van der Waals surface area (Å²) >= 11 is 1.96. The number of thioether (sulfide) groups is 1. The van der Waals surface area contributed by atoms with E-state index in [1.165, 1.54) is 5.75 Å². The monoisotopic (exact) mass is 159 g/mol. The second-order valence-electron chi connectivity index (χ2n) is 3.12. The van der Waals surface area contributed by atoms with Crippen LogP contribution in [0.3, 0.4) is 0 Å². The number of hydrogen-bond acceptors (Lipinski definition) is 3. The molecule has 10 heavy (non-hydrogen) atoms. The zero-order valence-corrected chi connectivity index (χ0v) is 6.73. The van der Waals surface area contributed by atoms with Crippen LogP contribution in [0.15, 0.2) is 0 Å². The lowest BCUT2D eigenvalue weighted by Gasteiger charge is -2.30. The molecule has 3 atom stereocenters. The molecule has 58 valence electrons. The van der Waals surface area contributed by atoms with Crippen LogP contribution in [-0.4, -0.2) is 35.3 Å². The molecule has 2 aliphatic rings. The topological polar surface area (TPSA) is 32.3 Å². The Morgan fingerprint density at radius 3 is 3.10 bits per heavy atom. The van der Waals surface area contributed by atoms with Gasteiger partial charge in [-0.15, -0.1) is 0 Å². The van der Waals surface area contributed by atoms with Crippen molar-refractivity contribution in [3.63, 3.8) is 0 Å². The summed E-state index contributed by atoms with van der Waals surface area (Å²) in [5, 5.41) is 13.0. The molecule has 2 saturated heterocycles. The zero-order valence-electron chi connectivity index (χ0n) is 5.92. The summed E-state index contributed by atoms with van der Waals surface area (Å²) in [6.45, 7) is 1.00. The van der Waals surface area contributed by atoms with E-state index in [9.17, 15) is 5.11 Å². The van der Waals surface area contributed by atoms with E-state index in [0.717, 1.165) is 18.7 Å². The highest BCUT2D eigenvalue weighted by Gasteiger charge is 2.35. The molecule has 2 N–H and O–H groups in total. The Bertz CT molecular complexity index is 131. The van der Waals surface area contributed by atoms with Crippen molar-refractivity contribution >= 4 is 11.8 Å². The normalized spacial score (nSPS) is 47.1. The van der Waals surface area contributed by atoms with E-state index < -0.39 is 0 Å². The van der Waals surface area contributed by atoms with Gasteiger partial charge in [-0.1, -0.05) is 0 Å². The minimum absolute atomic E-state index is 0.0266. The largest absolute Gasteiger partial charge is 0.393 e. The molecule has 3 unspecified atom stereocenters. The van der Waals surface area contributed by atoms with Crippen molar-refractivity contribution in [2.45, 2.75) is 18.6 Å². The second-order valence-corrected chi connectivity index (χ2v) is 4.19. The fourth-order valence-electron chi connectivity index (χ4n) is 1.79. The molecule has 0 spiro atoms. The highest BCUT2D eigenvalue weighted by molar-refractivity contribution is 7.99. The fraction of sp³-hybridized carbons (Fsp3) is 1.00. The number of fused-ring (bicyclic) bond motifs is 1. The smallest absolute Gasteiger partial charge is 0.0603 e. The molecule has 0 saturated carbocycles. The van der Waals surface area contributed by atoms with Crippen LogP contribution in [0.1, 0.15) is 6.42 Å². The van der Waals surface area contributed by atoms with Crippen LogP contribution in [-0.2, 0) is 0 Å². The average molecular weight is 159 g/mol. The van der Waals surface area contributed by atoms with Crippen LogP contribution < -0.4 is 5.32 Å². The molecule has 0 amide bonds. The van der Waals surface area contributed by atoms with Gasteiger partial charge in [0.2, 0.25) is 0 Å². The molecular formula is C7H13NOS. The molecule has 0 radical (unpaired) electrons. The molecule has 0 aromatic heterocycles. The molecule has 2 fully saturated rings. The summed E-state index contributed by atoms with van der Waals surface area (Å²) in [7, 11) is 0. The molecule has 2 rings (SSSR count). The lowest BCUT2D eigenvalue weighted by molar-refractivity contribution is 0.0734. The molecule has 2 nitrogen and oxygen atoms in total. The van der Waals surface area contributed by atoms with Gasteiger partial charge in [-0.2, -0.15) is 11.8 Å². The Kier molecular flexibility index (Phi) is 1.89. The summed E-state index contributed by atoms with van der Waals surface area (Å²) in [4.78, 5) is 0. The van der Waals surface area contributed by atoms with Crippen LogP contribution in [0.5, 0.6) is 0 Å². The van der Waals surface area contributed by atoms with Crippen LogP contribution in [0.4, 0.5) is 0 Å². The van der Waals surface area contributed by atoms with Crippen molar-refractivity contribution in [1.29, 1.82) is 0 Å². The lowest BCUT2D eigenvalue weighted by Crippen LogP contribution is -2.47. The standard InChI is InChI=1S/C7H13NOS/c9-7-1-2-8-6-4-10-3-5(6)7/h5-9H,1-4H2. The van der Waals surface area contributed by atoms with E-state index in [0.29, 0.717) is 12.0 Å². The van der Waals surface area contributed by atoms with Gasteiger partial charge < -0.3 is 10.4 Å². The van der Waals surface area contributed by atoms with Gasteiger partial charge in [0, 0.05) is 23.5 Å². The van der Waals surface area contributed by atoms with Gasteiger partial charge in [0.05, 0.1) is 6.10 Å². The summed E-state index contributed by atoms with van der Waals surface area (Å²) in [6, 6.07) is 0.605. The van der Waals surface area contributed by atoms with E-state index in [-0.39, 0.29) is 6.10 Å². The van der Waals surface area contributed by atoms with E-state index >= 15 is 0 Å². The summed E-state index contributed by atoms with van der Waals surface area (Å²) < 4.78 is 0. The number of aliphatic hydroxyl groups excluding tert-OH is 1. The lowest BCUT2D eigenvalue weighted by atomic mass is 9.91. The Labute approximate surface area is 65.4 Å². The summed E-state index contributed by atoms with van der Waals surface area (Å²) in [5.41, 5.74) is 0. The molecule has 0 bridgehead atoms. The maximum atomic E-state index is 9.53. The quantitative estimate of drug-likeness (QED) is 0.525. The number of aliphatic hydroxyl groups is 1. The van der Waals surface area contributed by atoms with Gasteiger partial charge in [-0.3, -0.25) is 0 Å². The maximum Gasteiger partial charge on any atom is 0.0603 e. The van der Waals surface area contributed by atoms with E-state index in [4.69, 9.17) is 0 Å². The minimum atomic E-state index is -0.0266. The van der Waals surface area contributed by atoms with Gasteiger partial charge in [0.15, 0.2) is 0 Å². The van der Waals surface area contributed by atoms with Crippen molar-refractivity contribution in [3.05, 3.63) is 0 Å². The maximum absolute atomic E-state index is 9.53. The molecule has 2 heterocycles. The van der Waals surface area contributed by atoms with Crippen molar-refractivity contribution in [2.75, 3.05) is 18.1 Å². The Balaban J connectivity index is 2.03. The van der Waals surface area contributed by atoms with Gasteiger partial charge in [0.1, 0.15) is 0 Å². The Hall–Kier alpha value is 0.270. The second kappa shape index (κ2) is 2.72. The van der Waals surface area contributed by atoms with Gasteiger partial charge in [-0.25, -0.2) is 0 Å². The van der Waals surface area contributed by atoms with Crippen molar-refractivity contribution in [1.82, 2.24) is 5.32 Å². The first-order valence-electron chi connectivity index (χ1n) is 3.87. The van der Waals surface area contributed by atoms with Crippen molar-refractivity contribution < 1.29 is 5.11 Å². The third kappa shape index (κ3) is 1.06. The summed E-state index contributed by atoms with van der Waals surface area (Å²) in [6.07, 6.45) is 0.920. The molecule has 0 aliphatic carbocycles. The average Bonchev–Trinajstić information content (AvgIpc) is 2.36. The zero-order chi connectivity index (χ0) is 6.97. The highest BCUT2D eigenvalue weighted by atomic mass is 32.2. The Morgan fingerprint density at radius 2 is 2.30 bits per heavy atom. The molecular weight excluding hydrogens is 146 g/mol. The van der Waals surface area contributed by atoms with Crippen molar-refractivity contribution in [3.8, 4) is 0 Å². The summed E-state index contributed by atoms with van der Waals surface area (Å²) in [5.74, 6) is 2.89. The predicted octanol–water partition coefficient (Wildman–Crippen LogP) is 0.0722. The third-order valence-electron chi connectivity index (χ3n) is 2.47. The van der Waals surface area contributed by atoms with Gasteiger partial charge in [-0.05, 0) is 13.0 Å². The number of piperidine rings is 1. The first-order valence-corrected chi connectivity index (χ1v) is 5.02. The van der Waals surface area contributed by atoms with E-state index in [1.54, 1.807) is 0 Å². The first kappa shape index (κ1) is 6.95. The van der Waals surface area contributed by atoms with Gasteiger partial charge in [0.25, 0.3) is 0 Å². The van der Waals surface area contributed by atoms with E-state index in [2.05, 4.69) is 5.32 Å². The minimum Gasteiger partial charge on any atom is -0.393 e. The highest BCUT2D eigenvalue weighted by Crippen LogP contribution is 2.30. The molecule has 3 heteroatoms. The SMILES string of the molecule is OC1CCNC2CSCC12. The number of rotatable bonds is 0. The molecule has 2 aliphatic heterocycles. The van der Waals surface area contributed by atoms with Crippen LogP contribution >= 0.6 is 11.8 Å². The first-order chi connectivity index (χ1) is 4.88. The number of nitrogens with one attached hydrogen (secondary N) is 1. The fourth-order valence-corrected chi connectivity index (χ4v) is 3.27. The van der Waals surface area contributed by atoms with Crippen LogP contribution in [0.25, 0.3) is 0 Å². The molecule has 0 aromatic carbocycles. The van der Waals surface area contributed by atoms with Crippen LogP contribution in [0, 0.1) is 5.92 Å². The van der Waals surface area contributed by atoms with Gasteiger partial charge >= 0.3 is 0 Å². The van der Waals surface area contributed by atoms with E-state index in [1.807, 2.05) is 11.8 Å². The number of hydrogen-bond donors (Lipinski definition) is 2. The molecule has 0 aromatic rings. The van der Waals surface area contributed by atoms with Crippen molar-refractivity contribution in [2.24, 2.45) is 5.92 Å². The predicted molar refractivity (Wildman–Crippen MR) is 43.2 cm³/mol.